The average molecular weight is 233 g/mol. The topological polar surface area (TPSA) is 21.3 Å². The molecule has 0 spiro atoms. The van der Waals surface area contributed by atoms with Crippen molar-refractivity contribution >= 4 is 0 Å². The molecule has 2 heteroatoms. The Morgan fingerprint density at radius 3 is 2.76 bits per heavy atom. The third kappa shape index (κ3) is 3.47. The molecule has 94 valence electrons. The van der Waals surface area contributed by atoms with Crippen LogP contribution < -0.4 is 10.1 Å². The first-order chi connectivity index (χ1) is 8.35. The fourth-order valence-electron chi connectivity index (χ4n) is 2.54. The van der Waals surface area contributed by atoms with Crippen molar-refractivity contribution in [1.82, 2.24) is 5.32 Å². The number of rotatable bonds is 7. The van der Waals surface area contributed by atoms with Gasteiger partial charge >= 0.3 is 0 Å². The molecule has 2 rings (SSSR count). The van der Waals surface area contributed by atoms with Crippen molar-refractivity contribution in [2.24, 2.45) is 5.92 Å². The van der Waals surface area contributed by atoms with E-state index >= 15 is 0 Å². The lowest BCUT2D eigenvalue weighted by Crippen LogP contribution is -2.27. The number of methoxy groups -OCH3 is 1. The number of hydrogen-bond donors (Lipinski definition) is 1. The van der Waals surface area contributed by atoms with Crippen LogP contribution in [0.5, 0.6) is 5.75 Å². The summed E-state index contributed by atoms with van der Waals surface area (Å²) in [5.41, 5.74) is 1.33. The SMILES string of the molecule is CNC(CCCc1ccccc1OC)C1CC1. The summed E-state index contributed by atoms with van der Waals surface area (Å²) in [7, 11) is 3.84. The molecule has 0 aromatic heterocycles. The highest BCUT2D eigenvalue weighted by molar-refractivity contribution is 5.33. The highest BCUT2D eigenvalue weighted by atomic mass is 16.5. The molecule has 17 heavy (non-hydrogen) atoms. The fourth-order valence-corrected chi connectivity index (χ4v) is 2.54. The smallest absolute Gasteiger partial charge is 0.122 e. The number of aryl methyl sites for hydroxylation is 1. The van der Waals surface area contributed by atoms with Crippen LogP contribution in [0.25, 0.3) is 0 Å². The van der Waals surface area contributed by atoms with Gasteiger partial charge in [0.05, 0.1) is 7.11 Å². The van der Waals surface area contributed by atoms with Crippen LogP contribution in [-0.2, 0) is 6.42 Å². The van der Waals surface area contributed by atoms with E-state index in [1.807, 2.05) is 12.1 Å². The van der Waals surface area contributed by atoms with Gasteiger partial charge in [-0.1, -0.05) is 18.2 Å². The maximum atomic E-state index is 5.37. The Kier molecular flexibility index (Phi) is 4.43. The first kappa shape index (κ1) is 12.4. The Balaban J connectivity index is 1.80. The van der Waals surface area contributed by atoms with Crippen LogP contribution in [0.15, 0.2) is 24.3 Å². The van der Waals surface area contributed by atoms with E-state index in [9.17, 15) is 0 Å². The number of benzene rings is 1. The minimum Gasteiger partial charge on any atom is -0.496 e. The lowest BCUT2D eigenvalue weighted by Gasteiger charge is -2.15. The fraction of sp³-hybridized carbons (Fsp3) is 0.600. The molecule has 1 aromatic carbocycles. The van der Waals surface area contributed by atoms with Crippen molar-refractivity contribution in [3.8, 4) is 5.75 Å². The van der Waals surface area contributed by atoms with Gasteiger partial charge < -0.3 is 10.1 Å². The second kappa shape index (κ2) is 6.06. The summed E-state index contributed by atoms with van der Waals surface area (Å²) in [5.74, 6) is 1.97. The van der Waals surface area contributed by atoms with Crippen LogP contribution in [0.2, 0.25) is 0 Å². The molecule has 1 atom stereocenters. The summed E-state index contributed by atoms with van der Waals surface area (Å²) >= 11 is 0. The van der Waals surface area contributed by atoms with E-state index in [4.69, 9.17) is 4.74 Å². The Morgan fingerprint density at radius 2 is 2.12 bits per heavy atom. The number of hydrogen-bond acceptors (Lipinski definition) is 2. The van der Waals surface area contributed by atoms with Gasteiger partial charge in [0.2, 0.25) is 0 Å². The zero-order valence-electron chi connectivity index (χ0n) is 10.9. The van der Waals surface area contributed by atoms with Crippen molar-refractivity contribution in [3.63, 3.8) is 0 Å². The molecule has 1 saturated carbocycles. The van der Waals surface area contributed by atoms with Crippen LogP contribution >= 0.6 is 0 Å². The Hall–Kier alpha value is -1.02. The highest BCUT2D eigenvalue weighted by Crippen LogP contribution is 2.34. The van der Waals surface area contributed by atoms with E-state index in [-0.39, 0.29) is 0 Å². The summed E-state index contributed by atoms with van der Waals surface area (Å²) in [5, 5.41) is 3.45. The second-order valence-electron chi connectivity index (χ2n) is 4.94. The predicted octanol–water partition coefficient (Wildman–Crippen LogP) is 3.02. The third-order valence-electron chi connectivity index (χ3n) is 3.72. The van der Waals surface area contributed by atoms with E-state index in [1.165, 1.54) is 31.2 Å². The maximum Gasteiger partial charge on any atom is 0.122 e. The molecular formula is C15H23NO. The van der Waals surface area contributed by atoms with Gasteiger partial charge in [0, 0.05) is 6.04 Å². The molecule has 0 aliphatic heterocycles. The standard InChI is InChI=1S/C15H23NO/c1-16-14(12-10-11-12)8-5-7-13-6-3-4-9-15(13)17-2/h3-4,6,9,12,14,16H,5,7-8,10-11H2,1-2H3. The molecule has 1 aromatic rings. The molecular weight excluding hydrogens is 210 g/mol. The minimum atomic E-state index is 0.727. The Bertz CT molecular complexity index is 347. The third-order valence-corrected chi connectivity index (χ3v) is 3.72. The number of nitrogens with one attached hydrogen (secondary N) is 1. The van der Waals surface area contributed by atoms with Gasteiger partial charge in [-0.3, -0.25) is 0 Å². The zero-order chi connectivity index (χ0) is 12.1. The first-order valence-electron chi connectivity index (χ1n) is 6.64. The van der Waals surface area contributed by atoms with Gasteiger partial charge in [-0.05, 0) is 56.7 Å². The lowest BCUT2D eigenvalue weighted by molar-refractivity contribution is 0.406. The van der Waals surface area contributed by atoms with Gasteiger partial charge in [0.1, 0.15) is 5.75 Å². The maximum absolute atomic E-state index is 5.37. The van der Waals surface area contributed by atoms with Crippen LogP contribution in [0.1, 0.15) is 31.2 Å². The van der Waals surface area contributed by atoms with Gasteiger partial charge in [-0.15, -0.1) is 0 Å². The Labute approximate surface area is 104 Å². The molecule has 1 aliphatic rings. The van der Waals surface area contributed by atoms with E-state index < -0.39 is 0 Å². The molecule has 0 heterocycles. The summed E-state index contributed by atoms with van der Waals surface area (Å²) in [6.45, 7) is 0. The number of ether oxygens (including phenoxy) is 1. The van der Waals surface area contributed by atoms with Crippen molar-refractivity contribution in [2.45, 2.75) is 38.1 Å². The van der Waals surface area contributed by atoms with E-state index in [1.54, 1.807) is 7.11 Å². The molecule has 0 radical (unpaired) electrons. The summed E-state index contributed by atoms with van der Waals surface area (Å²) in [4.78, 5) is 0. The lowest BCUT2D eigenvalue weighted by atomic mass is 10.0. The molecule has 1 aliphatic carbocycles. The van der Waals surface area contributed by atoms with Crippen molar-refractivity contribution in [1.29, 1.82) is 0 Å². The van der Waals surface area contributed by atoms with Gasteiger partial charge in [0.25, 0.3) is 0 Å². The van der Waals surface area contributed by atoms with Gasteiger partial charge in [0.15, 0.2) is 0 Å². The average Bonchev–Trinajstić information content (AvgIpc) is 3.19. The van der Waals surface area contributed by atoms with E-state index in [0.717, 1.165) is 24.1 Å². The molecule has 1 N–H and O–H groups in total. The monoisotopic (exact) mass is 233 g/mol. The minimum absolute atomic E-state index is 0.727. The molecule has 1 unspecified atom stereocenters. The van der Waals surface area contributed by atoms with Gasteiger partial charge in [-0.25, -0.2) is 0 Å². The van der Waals surface area contributed by atoms with Gasteiger partial charge in [-0.2, -0.15) is 0 Å². The summed E-state index contributed by atoms with van der Waals surface area (Å²) in [6, 6.07) is 9.07. The molecule has 0 amide bonds. The second-order valence-corrected chi connectivity index (χ2v) is 4.94. The molecule has 2 nitrogen and oxygen atoms in total. The van der Waals surface area contributed by atoms with E-state index in [2.05, 4.69) is 24.5 Å². The van der Waals surface area contributed by atoms with Crippen LogP contribution in [0, 0.1) is 5.92 Å². The van der Waals surface area contributed by atoms with Crippen LogP contribution in [0.4, 0.5) is 0 Å². The molecule has 1 fully saturated rings. The largest absolute Gasteiger partial charge is 0.496 e. The molecule has 0 saturated heterocycles. The quantitative estimate of drug-likeness (QED) is 0.781. The highest BCUT2D eigenvalue weighted by Gasteiger charge is 2.29. The van der Waals surface area contributed by atoms with Crippen LogP contribution in [0.3, 0.4) is 0 Å². The van der Waals surface area contributed by atoms with E-state index in [0.29, 0.717) is 0 Å². The summed E-state index contributed by atoms with van der Waals surface area (Å²) < 4.78 is 5.37. The normalized spacial score (nSPS) is 16.8. The predicted molar refractivity (Wildman–Crippen MR) is 71.5 cm³/mol. The zero-order valence-corrected chi connectivity index (χ0v) is 10.9. The first-order valence-corrected chi connectivity index (χ1v) is 6.64. The van der Waals surface area contributed by atoms with Crippen molar-refractivity contribution in [2.75, 3.05) is 14.2 Å². The van der Waals surface area contributed by atoms with Crippen LogP contribution in [-0.4, -0.2) is 20.2 Å². The van der Waals surface area contributed by atoms with Crippen molar-refractivity contribution < 1.29 is 4.74 Å². The number of para-hydroxylation sites is 1. The summed E-state index contributed by atoms with van der Waals surface area (Å²) in [6.07, 6.45) is 6.47. The molecule has 0 bridgehead atoms. The van der Waals surface area contributed by atoms with Crippen molar-refractivity contribution in [3.05, 3.63) is 29.8 Å². The Morgan fingerprint density at radius 1 is 1.35 bits per heavy atom.